The number of benzene rings is 2. The number of fused-ring (bicyclic) bond motifs is 2. The molecule has 0 aliphatic carbocycles. The number of piperazine rings is 1. The van der Waals surface area contributed by atoms with Crippen molar-refractivity contribution >= 4 is 61.4 Å². The summed E-state index contributed by atoms with van der Waals surface area (Å²) in [5.74, 6) is -0.450. The molecular weight excluding hydrogens is 441 g/mol. The zero-order chi connectivity index (χ0) is 20.7. The molecule has 4 aromatic rings. The second kappa shape index (κ2) is 8.27. The average Bonchev–Trinajstić information content (AvgIpc) is 3.30. The molecule has 3 heterocycles. The van der Waals surface area contributed by atoms with Crippen molar-refractivity contribution in [1.82, 2.24) is 9.88 Å². The number of hydrogen-bond donors (Lipinski definition) is 1. The number of halogens is 2. The summed E-state index contributed by atoms with van der Waals surface area (Å²) in [4.78, 5) is 19.0. The van der Waals surface area contributed by atoms with Gasteiger partial charge in [0.25, 0.3) is 0 Å². The van der Waals surface area contributed by atoms with Gasteiger partial charge in [0, 0.05) is 40.9 Å². The van der Waals surface area contributed by atoms with E-state index in [-0.39, 0.29) is 0 Å². The zero-order valence-electron chi connectivity index (χ0n) is 16.3. The molecule has 2 aromatic heterocycles. The van der Waals surface area contributed by atoms with E-state index in [4.69, 9.17) is 27.6 Å². The van der Waals surface area contributed by atoms with Crippen LogP contribution < -0.4 is 10.7 Å². The normalized spacial score (nSPS) is 15.5. The molecule has 0 unspecified atom stereocenters. The lowest BCUT2D eigenvalue weighted by Gasteiger charge is -2.36. The second-order valence-electron chi connectivity index (χ2n) is 7.65. The molecule has 0 amide bonds. The number of rotatable bonds is 5. The number of nitrogens with one attached hydrogen (secondary N) is 1. The van der Waals surface area contributed by atoms with Gasteiger partial charge in [0.1, 0.15) is 0 Å². The number of aromatic nitrogens is 1. The molecule has 5 rings (SSSR count). The molecule has 1 fully saturated rings. The van der Waals surface area contributed by atoms with Crippen LogP contribution in [-0.2, 0) is 6.42 Å². The lowest BCUT2D eigenvalue weighted by molar-refractivity contribution is 0.255. The number of oxazole rings is 1. The SMILES string of the molecule is O=c1[nH]c2cc(Cl)cc(N3CCN(CCCc4csc5ccc(Cl)cc45)CC3)c2o1. The standard InChI is InChI=1S/C22H21Cl2N3O2S/c23-15-3-4-20-17(10-15)14(13-30-20)2-1-5-26-6-8-27(9-7-26)19-12-16(24)11-18-21(19)29-22(28)25-18/h3-4,10-13H,1-2,5-9H2,(H,25,28). The van der Waals surface area contributed by atoms with Gasteiger partial charge in [-0.15, -0.1) is 11.3 Å². The zero-order valence-corrected chi connectivity index (χ0v) is 18.6. The Hall–Kier alpha value is -1.99. The van der Waals surface area contributed by atoms with Gasteiger partial charge in [-0.2, -0.15) is 0 Å². The second-order valence-corrected chi connectivity index (χ2v) is 9.43. The van der Waals surface area contributed by atoms with Crippen LogP contribution in [-0.4, -0.2) is 42.6 Å². The number of thiophene rings is 1. The number of H-pyrrole nitrogens is 1. The van der Waals surface area contributed by atoms with Crippen LogP contribution in [0, 0.1) is 0 Å². The summed E-state index contributed by atoms with van der Waals surface area (Å²) in [5.41, 5.74) is 3.51. The number of hydrogen-bond acceptors (Lipinski definition) is 5. The molecule has 1 N–H and O–H groups in total. The summed E-state index contributed by atoms with van der Waals surface area (Å²) in [7, 11) is 0. The lowest BCUT2D eigenvalue weighted by Crippen LogP contribution is -2.46. The van der Waals surface area contributed by atoms with E-state index in [2.05, 4.69) is 32.3 Å². The van der Waals surface area contributed by atoms with Gasteiger partial charge in [0.05, 0.1) is 11.2 Å². The molecule has 0 spiro atoms. The van der Waals surface area contributed by atoms with E-state index < -0.39 is 5.76 Å². The van der Waals surface area contributed by atoms with Gasteiger partial charge >= 0.3 is 5.76 Å². The van der Waals surface area contributed by atoms with Crippen molar-refractivity contribution in [1.29, 1.82) is 0 Å². The van der Waals surface area contributed by atoms with E-state index >= 15 is 0 Å². The molecule has 156 valence electrons. The minimum absolute atomic E-state index is 0.450. The van der Waals surface area contributed by atoms with Crippen LogP contribution in [0.15, 0.2) is 44.9 Å². The van der Waals surface area contributed by atoms with Crippen LogP contribution >= 0.6 is 34.5 Å². The highest BCUT2D eigenvalue weighted by Crippen LogP contribution is 2.31. The Balaban J connectivity index is 1.20. The van der Waals surface area contributed by atoms with E-state index in [0.717, 1.165) is 56.3 Å². The maximum atomic E-state index is 11.6. The molecule has 0 bridgehead atoms. The fourth-order valence-electron chi connectivity index (χ4n) is 4.20. The maximum Gasteiger partial charge on any atom is 0.417 e. The van der Waals surface area contributed by atoms with E-state index in [1.54, 1.807) is 17.4 Å². The van der Waals surface area contributed by atoms with Gasteiger partial charge in [0.2, 0.25) is 0 Å². The Kier molecular flexibility index (Phi) is 5.50. The Bertz CT molecular complexity index is 1250. The first-order chi connectivity index (χ1) is 14.6. The molecule has 1 saturated heterocycles. The third kappa shape index (κ3) is 3.97. The molecule has 30 heavy (non-hydrogen) atoms. The molecule has 0 radical (unpaired) electrons. The van der Waals surface area contributed by atoms with Crippen LogP contribution in [0.4, 0.5) is 5.69 Å². The quantitative estimate of drug-likeness (QED) is 0.432. The Morgan fingerprint density at radius 3 is 2.73 bits per heavy atom. The van der Waals surface area contributed by atoms with Gasteiger partial charge in [-0.05, 0) is 66.0 Å². The van der Waals surface area contributed by atoms with Crippen LogP contribution in [0.1, 0.15) is 12.0 Å². The number of nitrogens with zero attached hydrogens (tertiary/aromatic N) is 2. The molecule has 1 aliphatic rings. The summed E-state index contributed by atoms with van der Waals surface area (Å²) in [5, 5.41) is 4.94. The van der Waals surface area contributed by atoms with Crippen molar-refractivity contribution in [3.63, 3.8) is 0 Å². The van der Waals surface area contributed by atoms with E-state index in [9.17, 15) is 4.79 Å². The van der Waals surface area contributed by atoms with Gasteiger partial charge in [0.15, 0.2) is 5.58 Å². The van der Waals surface area contributed by atoms with Gasteiger partial charge in [-0.3, -0.25) is 9.88 Å². The highest BCUT2D eigenvalue weighted by atomic mass is 35.5. The number of anilines is 1. The summed E-state index contributed by atoms with van der Waals surface area (Å²) < 4.78 is 6.65. The molecule has 5 nitrogen and oxygen atoms in total. The van der Waals surface area contributed by atoms with Crippen LogP contribution in [0.3, 0.4) is 0 Å². The molecule has 0 saturated carbocycles. The molecule has 1 aliphatic heterocycles. The summed E-state index contributed by atoms with van der Waals surface area (Å²) >= 11 is 14.2. The average molecular weight is 462 g/mol. The minimum Gasteiger partial charge on any atom is -0.406 e. The van der Waals surface area contributed by atoms with Crippen molar-refractivity contribution in [3.8, 4) is 0 Å². The first kappa shape index (κ1) is 19.9. The third-order valence-corrected chi connectivity index (χ3v) is 7.18. The molecule has 2 aromatic carbocycles. The first-order valence-electron chi connectivity index (χ1n) is 10.0. The van der Waals surface area contributed by atoms with Crippen LogP contribution in [0.25, 0.3) is 21.2 Å². The van der Waals surface area contributed by atoms with Gasteiger partial charge in [-0.25, -0.2) is 4.79 Å². The third-order valence-electron chi connectivity index (χ3n) is 5.71. The molecule has 0 atom stereocenters. The van der Waals surface area contributed by atoms with E-state index in [0.29, 0.717) is 16.1 Å². The topological polar surface area (TPSA) is 52.5 Å². The molecular formula is C22H21Cl2N3O2S. The lowest BCUT2D eigenvalue weighted by atomic mass is 10.1. The minimum atomic E-state index is -0.450. The molecule has 8 heteroatoms. The van der Waals surface area contributed by atoms with Crippen molar-refractivity contribution in [2.45, 2.75) is 12.8 Å². The Labute approximate surface area is 187 Å². The number of aromatic amines is 1. The van der Waals surface area contributed by atoms with E-state index in [1.807, 2.05) is 12.1 Å². The van der Waals surface area contributed by atoms with Crippen molar-refractivity contribution in [2.24, 2.45) is 0 Å². The predicted molar refractivity (Wildman–Crippen MR) is 126 cm³/mol. The van der Waals surface area contributed by atoms with Crippen molar-refractivity contribution in [2.75, 3.05) is 37.6 Å². The van der Waals surface area contributed by atoms with Crippen LogP contribution in [0.5, 0.6) is 0 Å². The highest BCUT2D eigenvalue weighted by Gasteiger charge is 2.21. The first-order valence-corrected chi connectivity index (χ1v) is 11.7. The van der Waals surface area contributed by atoms with Gasteiger partial charge in [-0.1, -0.05) is 23.2 Å². The summed E-state index contributed by atoms with van der Waals surface area (Å²) in [6.45, 7) is 4.76. The fraction of sp³-hybridized carbons (Fsp3) is 0.318. The van der Waals surface area contributed by atoms with E-state index in [1.165, 1.54) is 15.6 Å². The monoisotopic (exact) mass is 461 g/mol. The van der Waals surface area contributed by atoms with Crippen molar-refractivity contribution < 1.29 is 4.42 Å². The van der Waals surface area contributed by atoms with Crippen molar-refractivity contribution in [3.05, 3.63) is 61.9 Å². The van der Waals surface area contributed by atoms with Crippen LogP contribution in [0.2, 0.25) is 10.0 Å². The summed E-state index contributed by atoms with van der Waals surface area (Å²) in [6.07, 6.45) is 2.18. The Morgan fingerprint density at radius 1 is 1.07 bits per heavy atom. The maximum absolute atomic E-state index is 11.6. The smallest absolute Gasteiger partial charge is 0.406 e. The van der Waals surface area contributed by atoms with Gasteiger partial charge < -0.3 is 9.32 Å². The fourth-order valence-corrected chi connectivity index (χ4v) is 5.56. The number of aryl methyl sites for hydroxylation is 1. The Morgan fingerprint density at radius 2 is 1.90 bits per heavy atom. The highest BCUT2D eigenvalue weighted by molar-refractivity contribution is 7.17. The predicted octanol–water partition coefficient (Wildman–Crippen LogP) is 5.40. The summed E-state index contributed by atoms with van der Waals surface area (Å²) in [6, 6.07) is 9.74. The largest absolute Gasteiger partial charge is 0.417 e.